The number of nitrogens with zero attached hydrogens (tertiary/aromatic N) is 2. The number of carbonyl (C=O) groups is 1. The SMILES string of the molecule is COc1ccc(C(C)NC(=O)c2c(C)nn(Cc3ccccc3Cl)c2Cl)cc1Br. The Labute approximate surface area is 188 Å². The van der Waals surface area contributed by atoms with Gasteiger partial charge in [0.05, 0.1) is 35.4 Å². The lowest BCUT2D eigenvalue weighted by Gasteiger charge is -2.15. The van der Waals surface area contributed by atoms with Gasteiger partial charge in [-0.1, -0.05) is 47.5 Å². The molecule has 152 valence electrons. The maximum Gasteiger partial charge on any atom is 0.256 e. The Bertz CT molecular complexity index is 1050. The highest BCUT2D eigenvalue weighted by Crippen LogP contribution is 2.29. The van der Waals surface area contributed by atoms with E-state index in [1.165, 1.54) is 0 Å². The van der Waals surface area contributed by atoms with E-state index < -0.39 is 0 Å². The van der Waals surface area contributed by atoms with Crippen LogP contribution in [0.3, 0.4) is 0 Å². The van der Waals surface area contributed by atoms with Crippen LogP contribution in [0.1, 0.15) is 40.1 Å². The van der Waals surface area contributed by atoms with E-state index in [0.29, 0.717) is 22.8 Å². The summed E-state index contributed by atoms with van der Waals surface area (Å²) in [6.45, 7) is 4.05. The molecule has 29 heavy (non-hydrogen) atoms. The van der Waals surface area contributed by atoms with Gasteiger partial charge in [0.15, 0.2) is 0 Å². The van der Waals surface area contributed by atoms with E-state index in [-0.39, 0.29) is 17.1 Å². The van der Waals surface area contributed by atoms with Gasteiger partial charge in [-0.25, -0.2) is 4.68 Å². The Kier molecular flexibility index (Phi) is 6.88. The van der Waals surface area contributed by atoms with Crippen molar-refractivity contribution in [3.63, 3.8) is 0 Å². The molecule has 5 nitrogen and oxygen atoms in total. The van der Waals surface area contributed by atoms with Crippen LogP contribution in [0, 0.1) is 6.92 Å². The van der Waals surface area contributed by atoms with Gasteiger partial charge in [0, 0.05) is 5.02 Å². The molecule has 1 heterocycles. The quantitative estimate of drug-likeness (QED) is 0.468. The lowest BCUT2D eigenvalue weighted by atomic mass is 10.1. The minimum atomic E-state index is -0.280. The number of amides is 1. The van der Waals surface area contributed by atoms with Crippen molar-refractivity contribution in [1.82, 2.24) is 15.1 Å². The third-order valence-corrected chi connectivity index (χ3v) is 5.97. The first-order chi connectivity index (χ1) is 13.8. The average molecular weight is 497 g/mol. The molecule has 0 aliphatic rings. The number of methoxy groups -OCH3 is 1. The molecule has 1 N–H and O–H groups in total. The molecule has 1 amide bonds. The maximum absolute atomic E-state index is 12.9. The van der Waals surface area contributed by atoms with Crippen LogP contribution in [-0.4, -0.2) is 22.8 Å². The second kappa shape index (κ2) is 9.20. The van der Waals surface area contributed by atoms with E-state index >= 15 is 0 Å². The van der Waals surface area contributed by atoms with Gasteiger partial charge in [0.25, 0.3) is 5.91 Å². The van der Waals surface area contributed by atoms with Gasteiger partial charge in [-0.2, -0.15) is 5.10 Å². The molecule has 0 saturated carbocycles. The van der Waals surface area contributed by atoms with Crippen molar-refractivity contribution in [2.45, 2.75) is 26.4 Å². The van der Waals surface area contributed by atoms with Gasteiger partial charge in [0.2, 0.25) is 0 Å². The number of rotatable bonds is 6. The number of aromatic nitrogens is 2. The van der Waals surface area contributed by atoms with E-state index in [9.17, 15) is 4.79 Å². The zero-order valence-electron chi connectivity index (χ0n) is 16.2. The molecule has 3 rings (SSSR count). The van der Waals surface area contributed by atoms with Crippen LogP contribution in [0.25, 0.3) is 0 Å². The smallest absolute Gasteiger partial charge is 0.256 e. The van der Waals surface area contributed by atoms with Crippen molar-refractivity contribution in [2.75, 3.05) is 7.11 Å². The van der Waals surface area contributed by atoms with Crippen molar-refractivity contribution >= 4 is 45.0 Å². The largest absolute Gasteiger partial charge is 0.496 e. The van der Waals surface area contributed by atoms with E-state index in [4.69, 9.17) is 27.9 Å². The summed E-state index contributed by atoms with van der Waals surface area (Å²) in [5.41, 5.74) is 2.73. The number of ether oxygens (including phenoxy) is 1. The van der Waals surface area contributed by atoms with Gasteiger partial charge in [-0.15, -0.1) is 0 Å². The summed E-state index contributed by atoms with van der Waals surface area (Å²) in [6, 6.07) is 12.9. The zero-order valence-corrected chi connectivity index (χ0v) is 19.3. The number of halogens is 3. The summed E-state index contributed by atoms with van der Waals surface area (Å²) < 4.78 is 7.65. The normalized spacial score (nSPS) is 11.9. The summed E-state index contributed by atoms with van der Waals surface area (Å²) in [6.07, 6.45) is 0. The molecule has 0 radical (unpaired) electrons. The highest BCUT2D eigenvalue weighted by Gasteiger charge is 2.22. The van der Waals surface area contributed by atoms with Gasteiger partial charge < -0.3 is 10.1 Å². The fourth-order valence-electron chi connectivity index (χ4n) is 3.01. The fourth-order valence-corrected chi connectivity index (χ4v) is 4.08. The number of hydrogen-bond donors (Lipinski definition) is 1. The summed E-state index contributed by atoms with van der Waals surface area (Å²) in [5.74, 6) is 0.448. The molecular weight excluding hydrogens is 477 g/mol. The molecule has 0 spiro atoms. The third kappa shape index (κ3) is 4.77. The van der Waals surface area contributed by atoms with Crippen molar-refractivity contribution in [3.8, 4) is 5.75 Å². The predicted molar refractivity (Wildman–Crippen MR) is 119 cm³/mol. The number of hydrogen-bond acceptors (Lipinski definition) is 3. The van der Waals surface area contributed by atoms with E-state index in [1.54, 1.807) is 18.7 Å². The lowest BCUT2D eigenvalue weighted by Crippen LogP contribution is -2.27. The lowest BCUT2D eigenvalue weighted by molar-refractivity contribution is 0.0939. The first-order valence-corrected chi connectivity index (χ1v) is 10.5. The average Bonchev–Trinajstić information content (AvgIpc) is 2.96. The Balaban J connectivity index is 1.80. The topological polar surface area (TPSA) is 56.1 Å². The second-order valence-electron chi connectivity index (χ2n) is 6.59. The van der Waals surface area contributed by atoms with Crippen molar-refractivity contribution in [3.05, 3.63) is 79.5 Å². The minimum Gasteiger partial charge on any atom is -0.496 e. The molecule has 1 unspecified atom stereocenters. The molecule has 3 aromatic rings. The van der Waals surface area contributed by atoms with E-state index in [0.717, 1.165) is 21.3 Å². The number of benzene rings is 2. The molecule has 0 fully saturated rings. The van der Waals surface area contributed by atoms with Gasteiger partial charge in [0.1, 0.15) is 10.9 Å². The molecule has 0 aliphatic heterocycles. The molecule has 0 bridgehead atoms. The highest BCUT2D eigenvalue weighted by molar-refractivity contribution is 9.10. The number of aryl methyl sites for hydroxylation is 1. The fraction of sp³-hybridized carbons (Fsp3) is 0.238. The first kappa shape index (κ1) is 21.7. The predicted octanol–water partition coefficient (Wildman–Crippen LogP) is 5.81. The molecular formula is C21H20BrCl2N3O2. The molecule has 1 atom stereocenters. The van der Waals surface area contributed by atoms with Crippen LogP contribution < -0.4 is 10.1 Å². The van der Waals surface area contributed by atoms with Crippen LogP contribution in [-0.2, 0) is 6.54 Å². The highest BCUT2D eigenvalue weighted by atomic mass is 79.9. The van der Waals surface area contributed by atoms with Gasteiger partial charge in [-0.3, -0.25) is 4.79 Å². The zero-order chi connectivity index (χ0) is 21.1. The van der Waals surface area contributed by atoms with Crippen LogP contribution in [0.4, 0.5) is 0 Å². The second-order valence-corrected chi connectivity index (χ2v) is 8.21. The van der Waals surface area contributed by atoms with Gasteiger partial charge in [-0.05, 0) is 59.1 Å². The minimum absolute atomic E-state index is 0.230. The molecule has 0 saturated heterocycles. The molecule has 0 aliphatic carbocycles. The van der Waals surface area contributed by atoms with Crippen LogP contribution in [0.2, 0.25) is 10.2 Å². The summed E-state index contributed by atoms with van der Waals surface area (Å²) >= 11 is 16.2. The third-order valence-electron chi connectivity index (χ3n) is 4.59. The van der Waals surface area contributed by atoms with Crippen molar-refractivity contribution < 1.29 is 9.53 Å². The summed E-state index contributed by atoms with van der Waals surface area (Å²) in [7, 11) is 1.61. The Hall–Kier alpha value is -2.02. The van der Waals surface area contributed by atoms with E-state index in [2.05, 4.69) is 26.3 Å². The van der Waals surface area contributed by atoms with Crippen LogP contribution >= 0.6 is 39.1 Å². The Morgan fingerprint density at radius 2 is 2.00 bits per heavy atom. The molecule has 2 aromatic carbocycles. The standard InChI is InChI=1S/C21H20BrCl2N3O2/c1-12(14-8-9-18(29-3)16(22)10-14)25-21(28)19-13(2)26-27(20(19)24)11-15-6-4-5-7-17(15)23/h4-10,12H,11H2,1-3H3,(H,25,28). The molecule has 8 heteroatoms. The van der Waals surface area contributed by atoms with Gasteiger partial charge >= 0.3 is 0 Å². The molecule has 1 aromatic heterocycles. The number of carbonyl (C=O) groups excluding carboxylic acids is 1. The summed E-state index contributed by atoms with van der Waals surface area (Å²) in [5, 5.41) is 8.32. The Morgan fingerprint density at radius 1 is 1.28 bits per heavy atom. The monoisotopic (exact) mass is 495 g/mol. The number of nitrogens with one attached hydrogen (secondary N) is 1. The van der Waals surface area contributed by atoms with Crippen LogP contribution in [0.5, 0.6) is 5.75 Å². The summed E-state index contributed by atoms with van der Waals surface area (Å²) in [4.78, 5) is 12.9. The van der Waals surface area contributed by atoms with E-state index in [1.807, 2.05) is 49.4 Å². The van der Waals surface area contributed by atoms with Crippen molar-refractivity contribution in [1.29, 1.82) is 0 Å². The van der Waals surface area contributed by atoms with Crippen LogP contribution in [0.15, 0.2) is 46.9 Å². The maximum atomic E-state index is 12.9. The Morgan fingerprint density at radius 3 is 2.66 bits per heavy atom. The van der Waals surface area contributed by atoms with Crippen molar-refractivity contribution in [2.24, 2.45) is 0 Å². The first-order valence-electron chi connectivity index (χ1n) is 8.92.